The second-order valence-electron chi connectivity index (χ2n) is 6.20. The number of nitrogens with two attached hydrogens (primary N) is 1. The Labute approximate surface area is 134 Å². The van der Waals surface area contributed by atoms with Crippen molar-refractivity contribution < 1.29 is 14.0 Å². The number of aryl methyl sites for hydroxylation is 1. The summed E-state index contributed by atoms with van der Waals surface area (Å²) in [5, 5.41) is 2.58. The fourth-order valence-corrected chi connectivity index (χ4v) is 3.02. The van der Waals surface area contributed by atoms with E-state index in [0.717, 1.165) is 12.8 Å². The van der Waals surface area contributed by atoms with E-state index in [0.29, 0.717) is 24.7 Å². The van der Waals surface area contributed by atoms with Crippen LogP contribution in [0.5, 0.6) is 0 Å². The molecule has 1 aliphatic heterocycles. The number of carbonyl (C=O) groups excluding carboxylic acids is 2. The Morgan fingerprint density at radius 3 is 2.70 bits per heavy atom. The predicted octanol–water partition coefficient (Wildman–Crippen LogP) is 1.30. The van der Waals surface area contributed by atoms with Crippen molar-refractivity contribution in [2.75, 3.05) is 25.0 Å². The highest BCUT2D eigenvalue weighted by atomic mass is 19.1. The number of primary amides is 1. The number of benzene rings is 1. The van der Waals surface area contributed by atoms with Gasteiger partial charge in [0.25, 0.3) is 0 Å². The van der Waals surface area contributed by atoms with Crippen LogP contribution in [0.15, 0.2) is 18.2 Å². The fourth-order valence-electron chi connectivity index (χ4n) is 3.02. The quantitative estimate of drug-likeness (QED) is 0.881. The van der Waals surface area contributed by atoms with Gasteiger partial charge >= 0.3 is 6.03 Å². The second-order valence-corrected chi connectivity index (χ2v) is 6.20. The topological polar surface area (TPSA) is 78.7 Å². The van der Waals surface area contributed by atoms with Crippen molar-refractivity contribution in [2.24, 2.45) is 5.73 Å². The van der Waals surface area contributed by atoms with Crippen LogP contribution in [0.3, 0.4) is 0 Å². The molecule has 1 saturated heterocycles. The summed E-state index contributed by atoms with van der Waals surface area (Å²) in [4.78, 5) is 27.7. The number of rotatable bonds is 3. The molecule has 1 saturated carbocycles. The molecule has 3 N–H and O–H groups in total. The lowest BCUT2D eigenvalue weighted by molar-refractivity contribution is -0.125. The van der Waals surface area contributed by atoms with E-state index >= 15 is 0 Å². The van der Waals surface area contributed by atoms with Crippen LogP contribution in [0.25, 0.3) is 0 Å². The smallest absolute Gasteiger partial charge is 0.322 e. The van der Waals surface area contributed by atoms with E-state index in [9.17, 15) is 14.0 Å². The number of anilines is 1. The highest BCUT2D eigenvalue weighted by molar-refractivity contribution is 5.90. The molecule has 1 atom stereocenters. The van der Waals surface area contributed by atoms with E-state index in [1.54, 1.807) is 19.1 Å². The minimum Gasteiger partial charge on any atom is -0.368 e. The van der Waals surface area contributed by atoms with Crippen LogP contribution in [0.1, 0.15) is 18.4 Å². The van der Waals surface area contributed by atoms with E-state index in [-0.39, 0.29) is 12.2 Å². The summed E-state index contributed by atoms with van der Waals surface area (Å²) < 4.78 is 14.0. The molecule has 0 radical (unpaired) electrons. The predicted molar refractivity (Wildman–Crippen MR) is 84.4 cm³/mol. The lowest BCUT2D eigenvalue weighted by atomic mass is 10.1. The molecule has 23 heavy (non-hydrogen) atoms. The van der Waals surface area contributed by atoms with Gasteiger partial charge in [-0.25, -0.2) is 9.18 Å². The molecular weight excluding hydrogens is 299 g/mol. The third kappa shape index (κ3) is 3.29. The second kappa shape index (κ2) is 6.16. The Hall–Kier alpha value is -2.15. The summed E-state index contributed by atoms with van der Waals surface area (Å²) in [6.07, 6.45) is 2.15. The number of halogens is 1. The van der Waals surface area contributed by atoms with Crippen LogP contribution < -0.4 is 11.1 Å². The van der Waals surface area contributed by atoms with Crippen molar-refractivity contribution in [3.63, 3.8) is 0 Å². The number of piperazine rings is 1. The molecule has 3 amide bonds. The molecule has 2 fully saturated rings. The van der Waals surface area contributed by atoms with Crippen LogP contribution in [-0.4, -0.2) is 53.5 Å². The number of nitrogens with zero attached hydrogens (tertiary/aromatic N) is 2. The number of urea groups is 1. The van der Waals surface area contributed by atoms with Crippen molar-refractivity contribution in [1.29, 1.82) is 0 Å². The third-order valence-corrected chi connectivity index (χ3v) is 4.49. The van der Waals surface area contributed by atoms with Gasteiger partial charge in [0.15, 0.2) is 0 Å². The van der Waals surface area contributed by atoms with Gasteiger partial charge in [-0.2, -0.15) is 0 Å². The molecule has 0 bridgehead atoms. The zero-order valence-electron chi connectivity index (χ0n) is 13.1. The Balaban J connectivity index is 1.68. The van der Waals surface area contributed by atoms with Gasteiger partial charge < -0.3 is 16.0 Å². The zero-order chi connectivity index (χ0) is 16.6. The van der Waals surface area contributed by atoms with E-state index in [1.807, 2.05) is 0 Å². The Bertz CT molecular complexity index is 633. The van der Waals surface area contributed by atoms with Gasteiger partial charge in [0.1, 0.15) is 11.9 Å². The maximum absolute atomic E-state index is 14.0. The van der Waals surface area contributed by atoms with Gasteiger partial charge in [0.05, 0.1) is 5.69 Å². The van der Waals surface area contributed by atoms with Crippen LogP contribution in [0.2, 0.25) is 0 Å². The molecule has 1 aromatic carbocycles. The Kier molecular flexibility index (Phi) is 4.21. The molecule has 0 aromatic heterocycles. The standard InChI is InChI=1S/C16H21FN4O2/c1-10-3-2-4-12(14(10)17)19-16(23)20-7-8-21(11-5-6-11)13(9-20)15(18)22/h2-4,11,13H,5-9H2,1H3,(H2,18,22)(H,19,23). The van der Waals surface area contributed by atoms with E-state index in [2.05, 4.69) is 10.2 Å². The molecule has 1 unspecified atom stereocenters. The summed E-state index contributed by atoms with van der Waals surface area (Å²) in [6, 6.07) is 4.38. The molecule has 1 heterocycles. The summed E-state index contributed by atoms with van der Waals surface area (Å²) in [6.45, 7) is 3.00. The van der Waals surface area contributed by atoms with Crippen molar-refractivity contribution >= 4 is 17.6 Å². The van der Waals surface area contributed by atoms with Crippen molar-refractivity contribution in [3.8, 4) is 0 Å². The molecule has 2 aliphatic rings. The molecular formula is C16H21FN4O2. The Morgan fingerprint density at radius 1 is 1.30 bits per heavy atom. The zero-order valence-corrected chi connectivity index (χ0v) is 13.1. The van der Waals surface area contributed by atoms with Crippen molar-refractivity contribution in [3.05, 3.63) is 29.6 Å². The Morgan fingerprint density at radius 2 is 2.04 bits per heavy atom. The first-order valence-corrected chi connectivity index (χ1v) is 7.83. The molecule has 6 nitrogen and oxygen atoms in total. The van der Waals surface area contributed by atoms with E-state index in [1.165, 1.54) is 11.0 Å². The fraction of sp³-hybridized carbons (Fsp3) is 0.500. The lowest BCUT2D eigenvalue weighted by Crippen LogP contribution is -2.60. The van der Waals surface area contributed by atoms with Gasteiger partial charge in [0.2, 0.25) is 5.91 Å². The maximum Gasteiger partial charge on any atom is 0.322 e. The van der Waals surface area contributed by atoms with Gasteiger partial charge in [0, 0.05) is 25.7 Å². The highest BCUT2D eigenvalue weighted by Gasteiger charge is 2.40. The number of hydrogen-bond donors (Lipinski definition) is 2. The first-order valence-electron chi connectivity index (χ1n) is 7.83. The largest absolute Gasteiger partial charge is 0.368 e. The summed E-state index contributed by atoms with van der Waals surface area (Å²) in [7, 11) is 0. The highest BCUT2D eigenvalue weighted by Crippen LogP contribution is 2.30. The normalized spacial score (nSPS) is 22.0. The first kappa shape index (κ1) is 15.7. The van der Waals surface area contributed by atoms with E-state index in [4.69, 9.17) is 5.73 Å². The van der Waals surface area contributed by atoms with E-state index < -0.39 is 23.8 Å². The molecule has 3 rings (SSSR count). The summed E-state index contributed by atoms with van der Waals surface area (Å²) in [5.74, 6) is -0.861. The van der Waals surface area contributed by atoms with Crippen molar-refractivity contribution in [1.82, 2.24) is 9.80 Å². The summed E-state index contributed by atoms with van der Waals surface area (Å²) >= 11 is 0. The van der Waals surface area contributed by atoms with Crippen LogP contribution in [0, 0.1) is 12.7 Å². The number of carbonyl (C=O) groups is 2. The monoisotopic (exact) mass is 320 g/mol. The third-order valence-electron chi connectivity index (χ3n) is 4.49. The first-order chi connectivity index (χ1) is 11.0. The molecule has 1 aromatic rings. The summed E-state index contributed by atoms with van der Waals surface area (Å²) in [5.41, 5.74) is 6.10. The maximum atomic E-state index is 14.0. The van der Waals surface area contributed by atoms with Crippen LogP contribution in [-0.2, 0) is 4.79 Å². The molecule has 0 spiro atoms. The van der Waals surface area contributed by atoms with Gasteiger partial charge in [-0.1, -0.05) is 12.1 Å². The molecule has 124 valence electrons. The molecule has 1 aliphatic carbocycles. The number of nitrogens with one attached hydrogen (secondary N) is 1. The van der Waals surface area contributed by atoms with Gasteiger partial charge in [-0.15, -0.1) is 0 Å². The SMILES string of the molecule is Cc1cccc(NC(=O)N2CCN(C3CC3)C(C(N)=O)C2)c1F. The average Bonchev–Trinajstić information content (AvgIpc) is 3.36. The lowest BCUT2D eigenvalue weighted by Gasteiger charge is -2.40. The van der Waals surface area contributed by atoms with Gasteiger partial charge in [-0.05, 0) is 31.4 Å². The van der Waals surface area contributed by atoms with Crippen LogP contribution in [0.4, 0.5) is 14.9 Å². The average molecular weight is 320 g/mol. The molecule has 7 heteroatoms. The minimum atomic E-state index is -0.468. The van der Waals surface area contributed by atoms with Gasteiger partial charge in [-0.3, -0.25) is 9.69 Å². The minimum absolute atomic E-state index is 0.148. The van der Waals surface area contributed by atoms with Crippen molar-refractivity contribution in [2.45, 2.75) is 31.8 Å². The number of amides is 3. The van der Waals surface area contributed by atoms with Crippen LogP contribution >= 0.6 is 0 Å². The number of hydrogen-bond acceptors (Lipinski definition) is 3.